The lowest BCUT2D eigenvalue weighted by atomic mass is 10.0. The molecule has 1 unspecified atom stereocenters. The third-order valence-corrected chi connectivity index (χ3v) is 10.5. The Morgan fingerprint density at radius 1 is 1.04 bits per heavy atom. The zero-order chi connectivity index (χ0) is 37.4. The largest absolute Gasteiger partial charge is 0.444 e. The van der Waals surface area contributed by atoms with Crippen molar-refractivity contribution in [2.24, 2.45) is 0 Å². The maximum Gasteiger partial charge on any atom is 0.410 e. The van der Waals surface area contributed by atoms with E-state index in [1.165, 1.54) is 23.1 Å². The van der Waals surface area contributed by atoms with Crippen LogP contribution in [0.5, 0.6) is 0 Å². The first-order chi connectivity index (χ1) is 24.8. The SMILES string of the molecule is CCC(Sc1cccc(NC(=O)/C(=C\c2ccc(Cl)cc2)NC(=O)c2ccccc2)c1)C(=O)Nc1sc2c(c1C#N)CCN(C(=O)OC(C)(C)C)C2. The van der Waals surface area contributed by atoms with Crippen LogP contribution < -0.4 is 16.0 Å². The van der Waals surface area contributed by atoms with E-state index in [4.69, 9.17) is 16.3 Å². The van der Waals surface area contributed by atoms with Crippen LogP contribution in [0.25, 0.3) is 6.08 Å². The summed E-state index contributed by atoms with van der Waals surface area (Å²) in [6, 6.07) is 24.8. The monoisotopic (exact) mass is 755 g/mol. The molecular weight excluding hydrogens is 718 g/mol. The summed E-state index contributed by atoms with van der Waals surface area (Å²) in [5, 5.41) is 19.0. The van der Waals surface area contributed by atoms with Crippen LogP contribution >= 0.6 is 34.7 Å². The molecule has 4 aromatic rings. The highest BCUT2D eigenvalue weighted by Gasteiger charge is 2.31. The molecule has 5 rings (SSSR count). The molecule has 1 aromatic heterocycles. The molecule has 3 N–H and O–H groups in total. The molecule has 0 radical (unpaired) electrons. The number of nitriles is 1. The second kappa shape index (κ2) is 17.0. The number of nitrogens with zero attached hydrogens (tertiary/aromatic N) is 2. The number of fused-ring (bicyclic) bond motifs is 1. The number of thiophene rings is 1. The van der Waals surface area contributed by atoms with Crippen LogP contribution in [-0.2, 0) is 27.3 Å². The molecule has 0 spiro atoms. The molecule has 2 heterocycles. The zero-order valence-electron chi connectivity index (χ0n) is 29.1. The fraction of sp³-hybridized carbons (Fsp3) is 0.256. The quantitative estimate of drug-likeness (QED) is 0.109. The van der Waals surface area contributed by atoms with Gasteiger partial charge in [0.1, 0.15) is 22.4 Å². The Morgan fingerprint density at radius 2 is 1.77 bits per heavy atom. The van der Waals surface area contributed by atoms with Gasteiger partial charge in [-0.05, 0) is 93.3 Å². The number of ether oxygens (including phenoxy) is 1. The van der Waals surface area contributed by atoms with E-state index in [1.807, 2.05) is 33.8 Å². The average molecular weight is 756 g/mol. The maximum atomic E-state index is 13.6. The Labute approximate surface area is 316 Å². The maximum absolute atomic E-state index is 13.6. The van der Waals surface area contributed by atoms with Crippen molar-refractivity contribution >= 4 is 75.3 Å². The van der Waals surface area contributed by atoms with E-state index in [2.05, 4.69) is 22.0 Å². The van der Waals surface area contributed by atoms with Gasteiger partial charge in [-0.2, -0.15) is 5.26 Å². The number of anilines is 2. The minimum absolute atomic E-state index is 0.0289. The van der Waals surface area contributed by atoms with Crippen LogP contribution in [0.15, 0.2) is 89.5 Å². The highest BCUT2D eigenvalue weighted by atomic mass is 35.5. The molecule has 0 fully saturated rings. The number of carbonyl (C=O) groups excluding carboxylic acids is 4. The zero-order valence-corrected chi connectivity index (χ0v) is 31.5. The summed E-state index contributed by atoms with van der Waals surface area (Å²) < 4.78 is 5.53. The second-order valence-electron chi connectivity index (χ2n) is 12.9. The molecule has 4 amide bonds. The van der Waals surface area contributed by atoms with E-state index < -0.39 is 28.8 Å². The lowest BCUT2D eigenvalue weighted by molar-refractivity contribution is -0.116. The number of amides is 4. The van der Waals surface area contributed by atoms with Gasteiger partial charge in [-0.15, -0.1) is 23.1 Å². The minimum atomic E-state index is -0.625. The van der Waals surface area contributed by atoms with Crippen molar-refractivity contribution in [3.05, 3.63) is 117 Å². The van der Waals surface area contributed by atoms with Crippen LogP contribution in [0.1, 0.15) is 66.0 Å². The van der Waals surface area contributed by atoms with Gasteiger partial charge in [0.2, 0.25) is 5.91 Å². The van der Waals surface area contributed by atoms with E-state index in [9.17, 15) is 24.4 Å². The Balaban J connectivity index is 1.28. The van der Waals surface area contributed by atoms with Crippen molar-refractivity contribution < 1.29 is 23.9 Å². The Kier molecular flexibility index (Phi) is 12.4. The lowest BCUT2D eigenvalue weighted by Gasteiger charge is -2.29. The van der Waals surface area contributed by atoms with E-state index in [-0.39, 0.29) is 11.6 Å². The first-order valence-electron chi connectivity index (χ1n) is 16.6. The van der Waals surface area contributed by atoms with Gasteiger partial charge in [-0.1, -0.05) is 54.9 Å². The van der Waals surface area contributed by atoms with E-state index >= 15 is 0 Å². The van der Waals surface area contributed by atoms with Crippen LogP contribution in [0.4, 0.5) is 15.5 Å². The number of hydrogen-bond acceptors (Lipinski definition) is 8. The van der Waals surface area contributed by atoms with Gasteiger partial charge in [0.25, 0.3) is 11.8 Å². The molecule has 0 saturated carbocycles. The topological polar surface area (TPSA) is 141 Å². The number of nitrogens with one attached hydrogen (secondary N) is 3. The van der Waals surface area contributed by atoms with Gasteiger partial charge < -0.3 is 25.6 Å². The lowest BCUT2D eigenvalue weighted by Crippen LogP contribution is -2.39. The van der Waals surface area contributed by atoms with Gasteiger partial charge in [-0.3, -0.25) is 14.4 Å². The normalized spacial score (nSPS) is 13.3. The van der Waals surface area contributed by atoms with Crippen molar-refractivity contribution in [2.45, 2.75) is 62.8 Å². The summed E-state index contributed by atoms with van der Waals surface area (Å²) in [5.74, 6) is -1.25. The Hall–Kier alpha value is -5.09. The molecule has 1 atom stereocenters. The predicted molar refractivity (Wildman–Crippen MR) is 206 cm³/mol. The number of benzene rings is 3. The molecular formula is C39H38ClN5O5S2. The molecule has 13 heteroatoms. The second-order valence-corrected chi connectivity index (χ2v) is 15.7. The standard InChI is InChI=1S/C39H38ClN5O5S2/c1-5-32(36(48)44-37-30(22-41)29-18-19-45(23-33(29)52-37)38(49)50-39(2,3)4)51-28-13-9-12-27(21-28)42-35(47)31(20-24-14-16-26(40)17-15-24)43-34(46)25-10-7-6-8-11-25/h6-17,20-21,32H,5,18-19,23H2,1-4H3,(H,42,47)(H,43,46)(H,44,48)/b31-20+. The fourth-order valence-electron chi connectivity index (χ4n) is 5.28. The minimum Gasteiger partial charge on any atom is -0.444 e. The summed E-state index contributed by atoms with van der Waals surface area (Å²) in [6.45, 7) is 8.06. The van der Waals surface area contributed by atoms with Gasteiger partial charge in [0, 0.05) is 32.6 Å². The number of carbonyl (C=O) groups is 4. The molecule has 0 bridgehead atoms. The van der Waals surface area contributed by atoms with E-state index in [0.29, 0.717) is 58.3 Å². The van der Waals surface area contributed by atoms with Crippen LogP contribution in [0.3, 0.4) is 0 Å². The summed E-state index contributed by atoms with van der Waals surface area (Å²) in [7, 11) is 0. The molecule has 0 aliphatic carbocycles. The third-order valence-electron chi connectivity index (χ3n) is 7.80. The van der Waals surface area contributed by atoms with Crippen molar-refractivity contribution in [2.75, 3.05) is 17.2 Å². The van der Waals surface area contributed by atoms with Crippen molar-refractivity contribution in [3.63, 3.8) is 0 Å². The molecule has 1 aliphatic rings. The van der Waals surface area contributed by atoms with Gasteiger partial charge in [0.15, 0.2) is 0 Å². The molecule has 3 aromatic carbocycles. The highest BCUT2D eigenvalue weighted by molar-refractivity contribution is 8.00. The van der Waals surface area contributed by atoms with Crippen LogP contribution in [-0.4, -0.2) is 46.1 Å². The smallest absolute Gasteiger partial charge is 0.410 e. The highest BCUT2D eigenvalue weighted by Crippen LogP contribution is 2.38. The molecule has 0 saturated heterocycles. The summed E-state index contributed by atoms with van der Waals surface area (Å²) >= 11 is 8.67. The van der Waals surface area contributed by atoms with Crippen molar-refractivity contribution in [1.82, 2.24) is 10.2 Å². The van der Waals surface area contributed by atoms with E-state index in [1.54, 1.807) is 83.8 Å². The molecule has 268 valence electrons. The van der Waals surface area contributed by atoms with Gasteiger partial charge in [0.05, 0.1) is 17.4 Å². The van der Waals surface area contributed by atoms with Crippen molar-refractivity contribution in [1.29, 1.82) is 5.26 Å². The summed E-state index contributed by atoms with van der Waals surface area (Å²) in [5.41, 5.74) is 2.19. The molecule has 10 nitrogen and oxygen atoms in total. The Morgan fingerprint density at radius 3 is 2.44 bits per heavy atom. The Bertz CT molecular complexity index is 2030. The summed E-state index contributed by atoms with van der Waals surface area (Å²) in [4.78, 5) is 56.0. The number of hydrogen-bond donors (Lipinski definition) is 3. The van der Waals surface area contributed by atoms with Gasteiger partial charge >= 0.3 is 6.09 Å². The first kappa shape index (κ1) is 38.1. The van der Waals surface area contributed by atoms with Crippen LogP contribution in [0, 0.1) is 11.3 Å². The molecule has 52 heavy (non-hydrogen) atoms. The number of rotatable bonds is 10. The van der Waals surface area contributed by atoms with E-state index in [0.717, 1.165) is 15.3 Å². The average Bonchev–Trinajstić information content (AvgIpc) is 3.46. The van der Waals surface area contributed by atoms with Crippen LogP contribution in [0.2, 0.25) is 5.02 Å². The summed E-state index contributed by atoms with van der Waals surface area (Å²) in [6.07, 6.45) is 2.13. The van der Waals surface area contributed by atoms with Crippen molar-refractivity contribution in [3.8, 4) is 6.07 Å². The van der Waals surface area contributed by atoms with Gasteiger partial charge in [-0.25, -0.2) is 4.79 Å². The third kappa shape index (κ3) is 10.0. The number of halogens is 1. The fourth-order valence-corrected chi connectivity index (χ4v) is 7.64. The number of thioether (sulfide) groups is 1. The first-order valence-corrected chi connectivity index (χ1v) is 18.7. The molecule has 1 aliphatic heterocycles. The predicted octanol–water partition coefficient (Wildman–Crippen LogP) is 8.49.